The Hall–Kier alpha value is -0.0900. The number of nitrogens with two attached hydrogens (primary N) is 1. The molecule has 0 fully saturated rings. The standard InChI is InChI=1S/C12H20ClNOS/c1-5-15-11(12(2,3)4)9(14)10-8(13)6-7-16-10/h6-7,9,11H,5,14H2,1-4H3. The second kappa shape index (κ2) is 5.50. The maximum Gasteiger partial charge on any atom is 0.0824 e. The van der Waals surface area contributed by atoms with Gasteiger partial charge in [0.15, 0.2) is 0 Å². The van der Waals surface area contributed by atoms with Crippen molar-refractivity contribution in [1.82, 2.24) is 0 Å². The molecule has 16 heavy (non-hydrogen) atoms. The Bertz CT molecular complexity index is 332. The van der Waals surface area contributed by atoms with Gasteiger partial charge in [-0.1, -0.05) is 32.4 Å². The van der Waals surface area contributed by atoms with Gasteiger partial charge in [0.25, 0.3) is 0 Å². The topological polar surface area (TPSA) is 35.2 Å². The predicted molar refractivity (Wildman–Crippen MR) is 71.1 cm³/mol. The zero-order chi connectivity index (χ0) is 12.3. The lowest BCUT2D eigenvalue weighted by molar-refractivity contribution is -0.0276. The minimum absolute atomic E-state index is 0.00272. The van der Waals surface area contributed by atoms with Crippen LogP contribution in [0, 0.1) is 5.41 Å². The number of hydrogen-bond donors (Lipinski definition) is 1. The first-order chi connectivity index (χ1) is 7.38. The second-order valence-electron chi connectivity index (χ2n) is 4.90. The van der Waals surface area contributed by atoms with Gasteiger partial charge in [0.2, 0.25) is 0 Å². The second-order valence-corrected chi connectivity index (χ2v) is 6.26. The van der Waals surface area contributed by atoms with E-state index in [1.807, 2.05) is 18.4 Å². The molecule has 0 bridgehead atoms. The van der Waals surface area contributed by atoms with E-state index in [2.05, 4.69) is 20.8 Å². The average Bonchev–Trinajstić information content (AvgIpc) is 2.58. The highest BCUT2D eigenvalue weighted by Gasteiger charge is 2.33. The fraction of sp³-hybridized carbons (Fsp3) is 0.667. The van der Waals surface area contributed by atoms with Crippen LogP contribution >= 0.6 is 22.9 Å². The summed E-state index contributed by atoms with van der Waals surface area (Å²) < 4.78 is 5.77. The van der Waals surface area contributed by atoms with Crippen molar-refractivity contribution in [1.29, 1.82) is 0 Å². The molecular formula is C12H20ClNOS. The minimum Gasteiger partial charge on any atom is -0.376 e. The molecule has 0 aliphatic rings. The van der Waals surface area contributed by atoms with Crippen LogP contribution < -0.4 is 5.73 Å². The van der Waals surface area contributed by atoms with Crippen LogP contribution in [0.15, 0.2) is 11.4 Å². The van der Waals surface area contributed by atoms with E-state index in [1.54, 1.807) is 11.3 Å². The molecule has 1 aromatic rings. The summed E-state index contributed by atoms with van der Waals surface area (Å²) in [6.07, 6.45) is -0.0198. The molecule has 0 amide bonds. The maximum absolute atomic E-state index is 6.26. The Kier molecular flexibility index (Phi) is 4.80. The van der Waals surface area contributed by atoms with Crippen LogP contribution in [-0.2, 0) is 4.74 Å². The van der Waals surface area contributed by atoms with E-state index < -0.39 is 0 Å². The van der Waals surface area contributed by atoms with E-state index in [9.17, 15) is 0 Å². The SMILES string of the molecule is CCOC(C(N)c1sccc1Cl)C(C)(C)C. The van der Waals surface area contributed by atoms with Crippen molar-refractivity contribution in [3.63, 3.8) is 0 Å². The number of halogens is 1. The zero-order valence-electron chi connectivity index (χ0n) is 10.3. The summed E-state index contributed by atoms with van der Waals surface area (Å²) in [6, 6.07) is 1.72. The molecule has 0 aliphatic heterocycles. The Balaban J connectivity index is 2.92. The van der Waals surface area contributed by atoms with Crippen molar-refractivity contribution in [3.05, 3.63) is 21.3 Å². The first-order valence-corrected chi connectivity index (χ1v) is 6.73. The van der Waals surface area contributed by atoms with Gasteiger partial charge in [-0.05, 0) is 23.8 Å². The number of hydrogen-bond acceptors (Lipinski definition) is 3. The predicted octanol–water partition coefficient (Wildman–Crippen LogP) is 3.85. The summed E-state index contributed by atoms with van der Waals surface area (Å²) in [5, 5.41) is 2.70. The molecule has 0 spiro atoms. The lowest BCUT2D eigenvalue weighted by atomic mass is 9.84. The molecule has 92 valence electrons. The summed E-state index contributed by atoms with van der Waals surface area (Å²) in [7, 11) is 0. The lowest BCUT2D eigenvalue weighted by Crippen LogP contribution is -2.39. The largest absolute Gasteiger partial charge is 0.376 e. The van der Waals surface area contributed by atoms with Crippen LogP contribution in [0.25, 0.3) is 0 Å². The molecule has 0 aromatic carbocycles. The van der Waals surface area contributed by atoms with E-state index in [-0.39, 0.29) is 17.6 Å². The first kappa shape index (κ1) is 14.0. The maximum atomic E-state index is 6.26. The Morgan fingerprint density at radius 2 is 2.12 bits per heavy atom. The third-order valence-corrected chi connectivity index (χ3v) is 3.93. The van der Waals surface area contributed by atoms with Gasteiger partial charge in [-0.15, -0.1) is 11.3 Å². The molecule has 1 heterocycles. The third-order valence-electron chi connectivity index (χ3n) is 2.47. The molecule has 2 atom stereocenters. The average molecular weight is 262 g/mol. The molecule has 1 rings (SSSR count). The number of ether oxygens (including phenoxy) is 1. The summed E-state index contributed by atoms with van der Waals surface area (Å²) in [5.74, 6) is 0. The lowest BCUT2D eigenvalue weighted by Gasteiger charge is -2.34. The number of rotatable bonds is 4. The number of thiophene rings is 1. The smallest absolute Gasteiger partial charge is 0.0824 e. The molecule has 0 saturated carbocycles. The van der Waals surface area contributed by atoms with E-state index in [0.717, 1.165) is 9.90 Å². The third kappa shape index (κ3) is 3.20. The summed E-state index contributed by atoms with van der Waals surface area (Å²) in [6.45, 7) is 9.05. The summed E-state index contributed by atoms with van der Waals surface area (Å²) >= 11 is 7.69. The van der Waals surface area contributed by atoms with E-state index in [0.29, 0.717) is 6.61 Å². The molecule has 4 heteroatoms. The van der Waals surface area contributed by atoms with Gasteiger partial charge in [0.05, 0.1) is 17.2 Å². The highest BCUT2D eigenvalue weighted by Crippen LogP contribution is 2.36. The summed E-state index contributed by atoms with van der Waals surface area (Å²) in [4.78, 5) is 1.01. The molecule has 0 saturated heterocycles. The Morgan fingerprint density at radius 1 is 1.50 bits per heavy atom. The van der Waals surface area contributed by atoms with Crippen molar-refractivity contribution in [2.75, 3.05) is 6.61 Å². The Labute approximate surface area is 107 Å². The van der Waals surface area contributed by atoms with Gasteiger partial charge in [-0.25, -0.2) is 0 Å². The summed E-state index contributed by atoms with van der Waals surface area (Å²) in [5.41, 5.74) is 6.26. The van der Waals surface area contributed by atoms with Crippen molar-refractivity contribution in [2.45, 2.75) is 39.8 Å². The monoisotopic (exact) mass is 261 g/mol. The normalized spacial score (nSPS) is 16.1. The molecule has 0 aliphatic carbocycles. The minimum atomic E-state index is -0.160. The van der Waals surface area contributed by atoms with E-state index in [1.165, 1.54) is 0 Å². The van der Waals surface area contributed by atoms with E-state index >= 15 is 0 Å². The van der Waals surface area contributed by atoms with Crippen molar-refractivity contribution >= 4 is 22.9 Å². The van der Waals surface area contributed by atoms with Crippen LogP contribution in [0.3, 0.4) is 0 Å². The molecule has 0 radical (unpaired) electrons. The van der Waals surface area contributed by atoms with Gasteiger partial charge in [-0.2, -0.15) is 0 Å². The zero-order valence-corrected chi connectivity index (χ0v) is 11.9. The fourth-order valence-corrected chi connectivity index (χ4v) is 2.96. The van der Waals surface area contributed by atoms with Crippen LogP contribution in [-0.4, -0.2) is 12.7 Å². The van der Waals surface area contributed by atoms with Gasteiger partial charge < -0.3 is 10.5 Å². The highest BCUT2D eigenvalue weighted by molar-refractivity contribution is 7.10. The quantitative estimate of drug-likeness (QED) is 0.894. The van der Waals surface area contributed by atoms with Crippen LogP contribution in [0.2, 0.25) is 5.02 Å². The molecular weight excluding hydrogens is 242 g/mol. The van der Waals surface area contributed by atoms with Crippen LogP contribution in [0.4, 0.5) is 0 Å². The van der Waals surface area contributed by atoms with Gasteiger partial charge in [0.1, 0.15) is 0 Å². The van der Waals surface area contributed by atoms with E-state index in [4.69, 9.17) is 22.1 Å². The van der Waals surface area contributed by atoms with Gasteiger partial charge in [0, 0.05) is 11.5 Å². The van der Waals surface area contributed by atoms with Gasteiger partial charge in [-0.3, -0.25) is 0 Å². The molecule has 1 aromatic heterocycles. The first-order valence-electron chi connectivity index (χ1n) is 5.48. The van der Waals surface area contributed by atoms with Gasteiger partial charge >= 0.3 is 0 Å². The Morgan fingerprint density at radius 3 is 2.50 bits per heavy atom. The highest BCUT2D eigenvalue weighted by atomic mass is 35.5. The fourth-order valence-electron chi connectivity index (χ4n) is 1.75. The molecule has 2 nitrogen and oxygen atoms in total. The van der Waals surface area contributed by atoms with Crippen molar-refractivity contribution in [3.8, 4) is 0 Å². The van der Waals surface area contributed by atoms with Crippen LogP contribution in [0.1, 0.15) is 38.6 Å². The molecule has 2 N–H and O–H groups in total. The molecule has 2 unspecified atom stereocenters. The van der Waals surface area contributed by atoms with Crippen molar-refractivity contribution in [2.24, 2.45) is 11.1 Å². The van der Waals surface area contributed by atoms with Crippen LogP contribution in [0.5, 0.6) is 0 Å². The van der Waals surface area contributed by atoms with Crippen molar-refractivity contribution < 1.29 is 4.74 Å².